The Morgan fingerprint density at radius 1 is 1.42 bits per heavy atom. The van der Waals surface area contributed by atoms with Gasteiger partial charge in [0.15, 0.2) is 0 Å². The smallest absolute Gasteiger partial charge is 0.207 e. The van der Waals surface area contributed by atoms with Gasteiger partial charge in [-0.25, -0.2) is 8.42 Å². The van der Waals surface area contributed by atoms with E-state index in [0.29, 0.717) is 14.7 Å². The third-order valence-corrected chi connectivity index (χ3v) is 6.23. The van der Waals surface area contributed by atoms with Crippen LogP contribution in [-0.2, 0) is 15.9 Å². The first kappa shape index (κ1) is 16.7. The first-order chi connectivity index (χ1) is 8.63. The van der Waals surface area contributed by atoms with Crippen LogP contribution in [0.5, 0.6) is 0 Å². The zero-order chi connectivity index (χ0) is 14.8. The summed E-state index contributed by atoms with van der Waals surface area (Å²) >= 11 is 6.77. The SMILES string of the molecule is CCN(CC(F)(F)F)S(=O)(=O)c1c(C)csc1CCl. The molecule has 19 heavy (non-hydrogen) atoms. The molecular formula is C10H13ClF3NO2S2. The van der Waals surface area contributed by atoms with Crippen molar-refractivity contribution in [3.63, 3.8) is 0 Å². The summed E-state index contributed by atoms with van der Waals surface area (Å²) in [5, 5.41) is 1.58. The molecular weight excluding hydrogens is 323 g/mol. The van der Waals surface area contributed by atoms with Gasteiger partial charge in [0.1, 0.15) is 11.4 Å². The maximum Gasteiger partial charge on any atom is 0.402 e. The van der Waals surface area contributed by atoms with E-state index in [0.717, 1.165) is 11.3 Å². The molecule has 1 aromatic heterocycles. The van der Waals surface area contributed by atoms with Crippen molar-refractivity contribution >= 4 is 33.0 Å². The molecule has 0 aliphatic rings. The summed E-state index contributed by atoms with van der Waals surface area (Å²) in [5.41, 5.74) is 0.418. The van der Waals surface area contributed by atoms with E-state index in [1.165, 1.54) is 6.92 Å². The quantitative estimate of drug-likeness (QED) is 0.774. The van der Waals surface area contributed by atoms with E-state index in [9.17, 15) is 21.6 Å². The van der Waals surface area contributed by atoms with Crippen molar-refractivity contribution in [3.05, 3.63) is 15.8 Å². The molecule has 0 fully saturated rings. The third-order valence-electron chi connectivity index (χ3n) is 2.42. The van der Waals surface area contributed by atoms with Gasteiger partial charge < -0.3 is 0 Å². The van der Waals surface area contributed by atoms with Crippen molar-refractivity contribution in [2.24, 2.45) is 0 Å². The van der Waals surface area contributed by atoms with Gasteiger partial charge in [-0.15, -0.1) is 22.9 Å². The number of hydrogen-bond donors (Lipinski definition) is 0. The molecule has 3 nitrogen and oxygen atoms in total. The molecule has 0 aliphatic carbocycles. The number of hydrogen-bond acceptors (Lipinski definition) is 3. The second kappa shape index (κ2) is 5.99. The van der Waals surface area contributed by atoms with Crippen molar-refractivity contribution < 1.29 is 21.6 Å². The second-order valence-corrected chi connectivity index (χ2v) is 6.96. The fourth-order valence-electron chi connectivity index (χ4n) is 1.62. The number of aryl methyl sites for hydroxylation is 1. The Hall–Kier alpha value is -0.310. The van der Waals surface area contributed by atoms with Crippen LogP contribution in [0.1, 0.15) is 17.4 Å². The minimum absolute atomic E-state index is 0.0450. The second-order valence-electron chi connectivity index (χ2n) is 3.85. The van der Waals surface area contributed by atoms with Gasteiger partial charge in [-0.05, 0) is 17.9 Å². The Bertz CT molecular complexity index is 539. The number of thiophene rings is 1. The van der Waals surface area contributed by atoms with Gasteiger partial charge in [-0.3, -0.25) is 0 Å². The molecule has 9 heteroatoms. The predicted molar refractivity (Wildman–Crippen MR) is 69.1 cm³/mol. The highest BCUT2D eigenvalue weighted by atomic mass is 35.5. The van der Waals surface area contributed by atoms with Crippen molar-refractivity contribution in [3.8, 4) is 0 Å². The normalized spacial score (nSPS) is 13.2. The summed E-state index contributed by atoms with van der Waals surface area (Å²) < 4.78 is 62.2. The summed E-state index contributed by atoms with van der Waals surface area (Å²) in [5.74, 6) is -0.0450. The van der Waals surface area contributed by atoms with Crippen LogP contribution < -0.4 is 0 Å². The van der Waals surface area contributed by atoms with Crippen LogP contribution in [0.4, 0.5) is 13.2 Å². The molecule has 110 valence electrons. The number of alkyl halides is 4. The summed E-state index contributed by atoms with van der Waals surface area (Å²) in [4.78, 5) is 0.262. The van der Waals surface area contributed by atoms with Crippen LogP contribution in [0.2, 0.25) is 0 Å². The lowest BCUT2D eigenvalue weighted by molar-refractivity contribution is -0.135. The fourth-order valence-corrected chi connectivity index (χ4v) is 5.07. The van der Waals surface area contributed by atoms with Crippen molar-refractivity contribution in [1.29, 1.82) is 0 Å². The molecule has 0 radical (unpaired) electrons. The van der Waals surface area contributed by atoms with Gasteiger partial charge in [0, 0.05) is 11.4 Å². The number of nitrogens with zero attached hydrogens (tertiary/aromatic N) is 1. The lowest BCUT2D eigenvalue weighted by atomic mass is 10.3. The van der Waals surface area contributed by atoms with Crippen molar-refractivity contribution in [2.75, 3.05) is 13.1 Å². The summed E-state index contributed by atoms with van der Waals surface area (Å²) in [6.07, 6.45) is -4.58. The lowest BCUT2D eigenvalue weighted by Gasteiger charge is -2.22. The van der Waals surface area contributed by atoms with E-state index >= 15 is 0 Å². The highest BCUT2D eigenvalue weighted by Gasteiger charge is 2.37. The van der Waals surface area contributed by atoms with Crippen molar-refractivity contribution in [1.82, 2.24) is 4.31 Å². The molecule has 0 atom stereocenters. The van der Waals surface area contributed by atoms with Crippen LogP contribution in [0, 0.1) is 6.92 Å². The minimum atomic E-state index is -4.58. The van der Waals surface area contributed by atoms with Gasteiger partial charge in [0.2, 0.25) is 10.0 Å². The molecule has 0 saturated heterocycles. The standard InChI is InChI=1S/C10H13ClF3NO2S2/c1-3-15(6-10(12,13)14)19(16,17)9-7(2)5-18-8(9)4-11/h5H,3-4,6H2,1-2H3. The first-order valence-corrected chi connectivity index (χ1v) is 8.18. The maximum atomic E-state index is 12.4. The molecule has 0 bridgehead atoms. The monoisotopic (exact) mass is 335 g/mol. The van der Waals surface area contributed by atoms with E-state index in [1.807, 2.05) is 0 Å². The van der Waals surface area contributed by atoms with Gasteiger partial charge >= 0.3 is 6.18 Å². The predicted octanol–water partition coefficient (Wildman–Crippen LogP) is 3.37. The highest BCUT2D eigenvalue weighted by Crippen LogP contribution is 2.32. The molecule has 0 unspecified atom stereocenters. The molecule has 0 amide bonds. The molecule has 1 rings (SSSR count). The van der Waals surface area contributed by atoms with Gasteiger partial charge in [-0.1, -0.05) is 6.92 Å². The lowest BCUT2D eigenvalue weighted by Crippen LogP contribution is -2.39. The van der Waals surface area contributed by atoms with E-state index < -0.39 is 22.7 Å². The van der Waals surface area contributed by atoms with Crippen molar-refractivity contribution in [2.45, 2.75) is 30.8 Å². The Balaban J connectivity index is 3.25. The number of sulfonamides is 1. The minimum Gasteiger partial charge on any atom is -0.207 e. The summed E-state index contributed by atoms with van der Waals surface area (Å²) in [7, 11) is -4.18. The van der Waals surface area contributed by atoms with Gasteiger partial charge in [-0.2, -0.15) is 17.5 Å². The Morgan fingerprint density at radius 3 is 2.42 bits per heavy atom. The zero-order valence-corrected chi connectivity index (χ0v) is 12.7. The molecule has 1 heterocycles. The van der Waals surface area contributed by atoms with Crippen LogP contribution in [-0.4, -0.2) is 32.0 Å². The largest absolute Gasteiger partial charge is 0.402 e. The fraction of sp³-hybridized carbons (Fsp3) is 0.600. The van der Waals surface area contributed by atoms with Crippen LogP contribution in [0.15, 0.2) is 10.3 Å². The maximum absolute atomic E-state index is 12.4. The van der Waals surface area contributed by atoms with E-state index in [-0.39, 0.29) is 17.3 Å². The first-order valence-electron chi connectivity index (χ1n) is 5.33. The zero-order valence-electron chi connectivity index (χ0n) is 10.3. The average molecular weight is 336 g/mol. The molecule has 0 N–H and O–H groups in total. The molecule has 1 aromatic rings. The molecule has 0 aliphatic heterocycles. The molecule has 0 saturated carbocycles. The average Bonchev–Trinajstić information content (AvgIpc) is 2.66. The van der Waals surface area contributed by atoms with E-state index in [4.69, 9.17) is 11.6 Å². The molecule has 0 aromatic carbocycles. The van der Waals surface area contributed by atoms with Gasteiger partial charge in [0.25, 0.3) is 0 Å². The highest BCUT2D eigenvalue weighted by molar-refractivity contribution is 7.89. The molecule has 0 spiro atoms. The van der Waals surface area contributed by atoms with Crippen LogP contribution in [0.25, 0.3) is 0 Å². The Morgan fingerprint density at radius 2 is 2.00 bits per heavy atom. The van der Waals surface area contributed by atoms with Crippen LogP contribution >= 0.6 is 22.9 Å². The Labute approximate surface area is 119 Å². The number of rotatable bonds is 5. The van der Waals surface area contributed by atoms with Gasteiger partial charge in [0.05, 0.1) is 5.88 Å². The third kappa shape index (κ3) is 3.84. The van der Waals surface area contributed by atoms with E-state index in [2.05, 4.69) is 0 Å². The Kier molecular flexibility index (Phi) is 5.28. The number of halogens is 4. The summed E-state index contributed by atoms with van der Waals surface area (Å²) in [6, 6.07) is 0. The summed E-state index contributed by atoms with van der Waals surface area (Å²) in [6.45, 7) is 1.16. The van der Waals surface area contributed by atoms with Crippen LogP contribution in [0.3, 0.4) is 0 Å². The topological polar surface area (TPSA) is 37.4 Å². The van der Waals surface area contributed by atoms with E-state index in [1.54, 1.807) is 12.3 Å².